The molecule has 0 spiro atoms. The van der Waals surface area contributed by atoms with Crippen molar-refractivity contribution in [2.75, 3.05) is 31.7 Å². The molecule has 102 valence electrons. The highest BCUT2D eigenvalue weighted by atomic mass is 32.1. The maximum absolute atomic E-state index is 5.56. The van der Waals surface area contributed by atoms with Crippen LogP contribution in [-0.4, -0.2) is 51.7 Å². The molecule has 7 nitrogen and oxygen atoms in total. The van der Waals surface area contributed by atoms with Crippen molar-refractivity contribution in [3.05, 3.63) is 12.7 Å². The number of anilines is 1. The SMILES string of the molecule is COCCN(CCC(N)=S)c1ncnc2nc[nH]c12. The van der Waals surface area contributed by atoms with Gasteiger partial charge in [0, 0.05) is 26.6 Å². The average molecular weight is 280 g/mol. The van der Waals surface area contributed by atoms with Crippen LogP contribution in [-0.2, 0) is 4.74 Å². The van der Waals surface area contributed by atoms with Crippen molar-refractivity contribution in [3.63, 3.8) is 0 Å². The molecule has 2 heterocycles. The predicted octanol–water partition coefficient (Wildman–Crippen LogP) is 0.482. The second-order valence-electron chi connectivity index (χ2n) is 3.99. The van der Waals surface area contributed by atoms with Gasteiger partial charge in [0.1, 0.15) is 11.8 Å². The van der Waals surface area contributed by atoms with E-state index < -0.39 is 0 Å². The zero-order chi connectivity index (χ0) is 13.7. The van der Waals surface area contributed by atoms with Crippen LogP contribution < -0.4 is 10.6 Å². The molecule has 19 heavy (non-hydrogen) atoms. The third-order valence-electron chi connectivity index (χ3n) is 2.70. The van der Waals surface area contributed by atoms with Gasteiger partial charge in [-0.05, 0) is 0 Å². The highest BCUT2D eigenvalue weighted by Crippen LogP contribution is 2.19. The summed E-state index contributed by atoms with van der Waals surface area (Å²) in [5, 5.41) is 0. The standard InChI is InChI=1S/C11H16N6OS/c1-18-5-4-17(3-2-8(12)19)11-9-10(14-6-13-9)15-7-16-11/h6-7H,2-5H2,1H3,(H2,12,19)(H,13,14,15,16). The van der Waals surface area contributed by atoms with Crippen LogP contribution in [0, 0.1) is 0 Å². The Morgan fingerprint density at radius 2 is 2.26 bits per heavy atom. The minimum absolute atomic E-state index is 0.484. The zero-order valence-electron chi connectivity index (χ0n) is 10.7. The molecule has 0 aliphatic heterocycles. The maximum atomic E-state index is 5.56. The lowest BCUT2D eigenvalue weighted by atomic mass is 10.3. The first kappa shape index (κ1) is 13.6. The van der Waals surface area contributed by atoms with E-state index in [1.165, 1.54) is 6.33 Å². The summed E-state index contributed by atoms with van der Waals surface area (Å²) in [6, 6.07) is 0. The van der Waals surface area contributed by atoms with Crippen LogP contribution in [0.3, 0.4) is 0 Å². The number of hydrogen-bond acceptors (Lipinski definition) is 6. The quantitative estimate of drug-likeness (QED) is 0.713. The van der Waals surface area contributed by atoms with E-state index in [0.717, 1.165) is 11.3 Å². The molecule has 0 aromatic carbocycles. The van der Waals surface area contributed by atoms with Crippen LogP contribution in [0.15, 0.2) is 12.7 Å². The van der Waals surface area contributed by atoms with E-state index in [1.807, 2.05) is 0 Å². The van der Waals surface area contributed by atoms with Crippen molar-refractivity contribution in [1.82, 2.24) is 19.9 Å². The van der Waals surface area contributed by atoms with E-state index >= 15 is 0 Å². The van der Waals surface area contributed by atoms with Crippen molar-refractivity contribution >= 4 is 34.2 Å². The number of hydrogen-bond donors (Lipinski definition) is 2. The van der Waals surface area contributed by atoms with Crippen molar-refractivity contribution in [2.45, 2.75) is 6.42 Å². The summed E-state index contributed by atoms with van der Waals surface area (Å²) in [5.74, 6) is 0.788. The third-order valence-corrected chi connectivity index (χ3v) is 2.90. The van der Waals surface area contributed by atoms with E-state index in [2.05, 4.69) is 24.8 Å². The van der Waals surface area contributed by atoms with Gasteiger partial charge in [-0.15, -0.1) is 0 Å². The molecular formula is C11H16N6OS. The fourth-order valence-electron chi connectivity index (χ4n) is 1.76. The van der Waals surface area contributed by atoms with Gasteiger partial charge in [0.15, 0.2) is 11.5 Å². The molecule has 0 aliphatic carbocycles. The molecule has 0 radical (unpaired) electrons. The number of nitrogens with zero attached hydrogens (tertiary/aromatic N) is 4. The molecular weight excluding hydrogens is 264 g/mol. The Morgan fingerprint density at radius 1 is 1.42 bits per heavy atom. The van der Waals surface area contributed by atoms with E-state index in [4.69, 9.17) is 22.7 Å². The number of nitrogens with one attached hydrogen (secondary N) is 1. The molecule has 0 amide bonds. The largest absolute Gasteiger partial charge is 0.393 e. The lowest BCUT2D eigenvalue weighted by Crippen LogP contribution is -2.31. The summed E-state index contributed by atoms with van der Waals surface area (Å²) in [6.45, 7) is 1.98. The summed E-state index contributed by atoms with van der Waals surface area (Å²) < 4.78 is 5.12. The fourth-order valence-corrected chi connectivity index (χ4v) is 1.85. The molecule has 2 rings (SSSR count). The lowest BCUT2D eigenvalue weighted by Gasteiger charge is -2.23. The Balaban J connectivity index is 2.25. The Kier molecular flexibility index (Phi) is 4.58. The monoisotopic (exact) mass is 280 g/mol. The summed E-state index contributed by atoms with van der Waals surface area (Å²) in [4.78, 5) is 18.1. The van der Waals surface area contributed by atoms with Gasteiger partial charge in [0.25, 0.3) is 0 Å². The molecule has 2 aromatic rings. The number of methoxy groups -OCH3 is 1. The van der Waals surface area contributed by atoms with E-state index in [1.54, 1.807) is 13.4 Å². The minimum atomic E-state index is 0.484. The number of H-pyrrole nitrogens is 1. The highest BCUT2D eigenvalue weighted by molar-refractivity contribution is 7.80. The molecule has 0 atom stereocenters. The predicted molar refractivity (Wildman–Crippen MR) is 77.2 cm³/mol. The second-order valence-corrected chi connectivity index (χ2v) is 4.52. The van der Waals surface area contributed by atoms with Crippen molar-refractivity contribution < 1.29 is 4.74 Å². The van der Waals surface area contributed by atoms with Gasteiger partial charge in [0.05, 0.1) is 17.9 Å². The van der Waals surface area contributed by atoms with E-state index in [-0.39, 0.29) is 0 Å². The normalized spacial score (nSPS) is 10.8. The second kappa shape index (κ2) is 6.39. The average Bonchev–Trinajstić information content (AvgIpc) is 2.87. The summed E-state index contributed by atoms with van der Waals surface area (Å²) in [7, 11) is 1.66. The van der Waals surface area contributed by atoms with Gasteiger partial charge in [-0.3, -0.25) is 0 Å². The molecule has 0 saturated carbocycles. The number of thiocarbonyl (C=S) groups is 1. The summed E-state index contributed by atoms with van der Waals surface area (Å²) in [5.41, 5.74) is 7.01. The van der Waals surface area contributed by atoms with Crippen LogP contribution in [0.2, 0.25) is 0 Å². The van der Waals surface area contributed by atoms with Gasteiger partial charge in [-0.25, -0.2) is 15.0 Å². The van der Waals surface area contributed by atoms with Gasteiger partial charge in [-0.2, -0.15) is 0 Å². The molecule has 0 unspecified atom stereocenters. The number of aromatic amines is 1. The molecule has 0 fully saturated rings. The van der Waals surface area contributed by atoms with Crippen LogP contribution >= 0.6 is 12.2 Å². The van der Waals surface area contributed by atoms with Crippen LogP contribution in [0.4, 0.5) is 5.82 Å². The van der Waals surface area contributed by atoms with Crippen LogP contribution in [0.5, 0.6) is 0 Å². The number of aromatic nitrogens is 4. The Morgan fingerprint density at radius 3 is 3.00 bits per heavy atom. The molecule has 8 heteroatoms. The Hall–Kier alpha value is -1.80. The van der Waals surface area contributed by atoms with Crippen molar-refractivity contribution in [1.29, 1.82) is 0 Å². The van der Waals surface area contributed by atoms with E-state index in [9.17, 15) is 0 Å². The number of fused-ring (bicyclic) bond motifs is 1. The van der Waals surface area contributed by atoms with Crippen LogP contribution in [0.25, 0.3) is 11.2 Å². The smallest absolute Gasteiger partial charge is 0.182 e. The van der Waals surface area contributed by atoms with Gasteiger partial charge in [-0.1, -0.05) is 12.2 Å². The zero-order valence-corrected chi connectivity index (χ0v) is 11.5. The molecule has 3 N–H and O–H groups in total. The Labute approximate surface area is 116 Å². The van der Waals surface area contributed by atoms with Gasteiger partial charge >= 0.3 is 0 Å². The first-order chi connectivity index (χ1) is 9.22. The minimum Gasteiger partial charge on any atom is -0.393 e. The van der Waals surface area contributed by atoms with Crippen molar-refractivity contribution in [2.24, 2.45) is 5.73 Å². The van der Waals surface area contributed by atoms with E-state index in [0.29, 0.717) is 36.8 Å². The number of nitrogens with two attached hydrogens (primary N) is 1. The Bertz CT molecular complexity index is 557. The lowest BCUT2D eigenvalue weighted by molar-refractivity contribution is 0.205. The number of ether oxygens (including phenoxy) is 1. The topological polar surface area (TPSA) is 93.0 Å². The first-order valence-corrected chi connectivity index (χ1v) is 6.29. The van der Waals surface area contributed by atoms with Gasteiger partial charge in [0.2, 0.25) is 0 Å². The molecule has 0 saturated heterocycles. The molecule has 0 aliphatic rings. The third kappa shape index (κ3) is 3.36. The molecule has 2 aromatic heterocycles. The summed E-state index contributed by atoms with van der Waals surface area (Å²) in [6.07, 6.45) is 3.72. The molecule has 0 bridgehead atoms. The maximum Gasteiger partial charge on any atom is 0.182 e. The number of imidazole rings is 1. The first-order valence-electron chi connectivity index (χ1n) is 5.88. The van der Waals surface area contributed by atoms with Gasteiger partial charge < -0.3 is 20.4 Å². The number of rotatable bonds is 7. The van der Waals surface area contributed by atoms with Crippen molar-refractivity contribution in [3.8, 4) is 0 Å². The van der Waals surface area contributed by atoms with Crippen LogP contribution in [0.1, 0.15) is 6.42 Å². The fraction of sp³-hybridized carbons (Fsp3) is 0.455. The summed E-state index contributed by atoms with van der Waals surface area (Å²) >= 11 is 4.92. The highest BCUT2D eigenvalue weighted by Gasteiger charge is 2.13.